The maximum Gasteiger partial charge on any atom is 0.323 e. The number of hydrogen-bond donors (Lipinski definition) is 2. The molecule has 0 spiro atoms. The summed E-state index contributed by atoms with van der Waals surface area (Å²) in [7, 11) is 0. The summed E-state index contributed by atoms with van der Waals surface area (Å²) >= 11 is 1.04. The van der Waals surface area contributed by atoms with Crippen LogP contribution in [0.4, 0.5) is 5.69 Å². The zero-order valence-electron chi connectivity index (χ0n) is 11.4. The van der Waals surface area contributed by atoms with Crippen molar-refractivity contribution in [1.29, 1.82) is 0 Å². The second kappa shape index (κ2) is 6.66. The molecular formula is C14H15NO5S. The topological polar surface area (TPSA) is 92.8 Å². The van der Waals surface area contributed by atoms with Crippen molar-refractivity contribution in [2.75, 3.05) is 6.61 Å². The van der Waals surface area contributed by atoms with Crippen molar-refractivity contribution in [3.05, 3.63) is 50.9 Å². The van der Waals surface area contributed by atoms with Gasteiger partial charge in [-0.25, -0.2) is 0 Å². The third-order valence-corrected chi connectivity index (χ3v) is 4.04. The van der Waals surface area contributed by atoms with Crippen LogP contribution in [0.15, 0.2) is 30.3 Å². The number of benzene rings is 1. The Morgan fingerprint density at radius 1 is 1.43 bits per heavy atom. The zero-order valence-corrected chi connectivity index (χ0v) is 12.2. The van der Waals surface area contributed by atoms with Crippen LogP contribution in [0.1, 0.15) is 23.5 Å². The summed E-state index contributed by atoms with van der Waals surface area (Å²) in [6.45, 7) is 1.50. The molecular weight excluding hydrogens is 294 g/mol. The van der Waals surface area contributed by atoms with Crippen LogP contribution in [-0.2, 0) is 6.42 Å². The van der Waals surface area contributed by atoms with Gasteiger partial charge in [-0.3, -0.25) is 10.1 Å². The molecule has 1 atom stereocenters. The predicted molar refractivity (Wildman–Crippen MR) is 78.9 cm³/mol. The van der Waals surface area contributed by atoms with E-state index in [-0.39, 0.29) is 17.4 Å². The van der Waals surface area contributed by atoms with E-state index in [0.29, 0.717) is 17.0 Å². The summed E-state index contributed by atoms with van der Waals surface area (Å²) in [5.74, 6) is 0.466. The molecule has 0 fully saturated rings. The number of rotatable bonds is 6. The molecule has 0 unspecified atom stereocenters. The number of para-hydroxylation sites is 1. The molecule has 2 aromatic rings. The largest absolute Gasteiger partial charge is 0.440 e. The molecule has 0 bridgehead atoms. The molecule has 21 heavy (non-hydrogen) atoms. The molecule has 6 nitrogen and oxygen atoms in total. The molecule has 7 heteroatoms. The van der Waals surface area contributed by atoms with E-state index in [1.165, 1.54) is 6.07 Å². The Kier molecular flexibility index (Phi) is 4.89. The van der Waals surface area contributed by atoms with Gasteiger partial charge in [-0.05, 0) is 25.0 Å². The minimum absolute atomic E-state index is 0.0359. The predicted octanol–water partition coefficient (Wildman–Crippen LogP) is 3.04. The van der Waals surface area contributed by atoms with Crippen molar-refractivity contribution in [2.45, 2.75) is 19.4 Å². The Morgan fingerprint density at radius 2 is 2.14 bits per heavy atom. The first-order chi connectivity index (χ1) is 10.0. The van der Waals surface area contributed by atoms with Crippen molar-refractivity contribution in [2.24, 2.45) is 0 Å². The van der Waals surface area contributed by atoms with E-state index in [1.54, 1.807) is 25.1 Å². The van der Waals surface area contributed by atoms with E-state index in [9.17, 15) is 15.2 Å². The molecule has 1 aromatic carbocycles. The van der Waals surface area contributed by atoms with Gasteiger partial charge in [-0.1, -0.05) is 29.5 Å². The standard InChI is InChI=1S/C14H15NO5S/c1-9(17)13-8-11(15(18)19)14(21-13)20-12-5-3-2-4-10(12)6-7-16/h2-5,8-9,16-17H,6-7H2,1H3/t9-/m1/s1. The number of thiophene rings is 1. The number of aliphatic hydroxyl groups is 2. The summed E-state index contributed by atoms with van der Waals surface area (Å²) < 4.78 is 5.64. The second-order valence-corrected chi connectivity index (χ2v) is 5.48. The van der Waals surface area contributed by atoms with Crippen LogP contribution in [0, 0.1) is 10.1 Å². The van der Waals surface area contributed by atoms with Gasteiger partial charge in [0.15, 0.2) is 0 Å². The number of hydrogen-bond acceptors (Lipinski definition) is 6. The number of nitro groups is 1. The average Bonchev–Trinajstić information content (AvgIpc) is 2.85. The lowest BCUT2D eigenvalue weighted by Crippen LogP contribution is -1.95. The van der Waals surface area contributed by atoms with Gasteiger partial charge in [0.05, 0.1) is 11.0 Å². The molecule has 0 radical (unpaired) electrons. The zero-order chi connectivity index (χ0) is 15.4. The van der Waals surface area contributed by atoms with E-state index in [0.717, 1.165) is 16.9 Å². The SMILES string of the molecule is C[C@@H](O)c1cc([N+](=O)[O-])c(Oc2ccccc2CCO)s1. The van der Waals surface area contributed by atoms with Gasteiger partial charge in [-0.2, -0.15) is 0 Å². The molecule has 0 amide bonds. The van der Waals surface area contributed by atoms with Crippen molar-refractivity contribution in [3.63, 3.8) is 0 Å². The van der Waals surface area contributed by atoms with Gasteiger partial charge in [0.25, 0.3) is 5.06 Å². The molecule has 0 aliphatic heterocycles. The molecule has 112 valence electrons. The summed E-state index contributed by atoms with van der Waals surface area (Å²) in [4.78, 5) is 11.0. The fourth-order valence-electron chi connectivity index (χ4n) is 1.82. The molecule has 0 aliphatic carbocycles. The lowest BCUT2D eigenvalue weighted by atomic mass is 10.1. The first-order valence-corrected chi connectivity index (χ1v) is 7.17. The molecule has 1 aromatic heterocycles. The Bertz CT molecular complexity index is 638. The smallest absolute Gasteiger partial charge is 0.323 e. The van der Waals surface area contributed by atoms with E-state index < -0.39 is 11.0 Å². The quantitative estimate of drug-likeness (QED) is 0.632. The van der Waals surface area contributed by atoms with Gasteiger partial charge in [-0.15, -0.1) is 0 Å². The first kappa shape index (κ1) is 15.4. The minimum atomic E-state index is -0.793. The summed E-state index contributed by atoms with van der Waals surface area (Å²) in [6.07, 6.45) is -0.391. The lowest BCUT2D eigenvalue weighted by Gasteiger charge is -2.08. The Morgan fingerprint density at radius 3 is 2.76 bits per heavy atom. The number of nitrogens with zero attached hydrogens (tertiary/aromatic N) is 1. The van der Waals surface area contributed by atoms with Crippen LogP contribution in [0.3, 0.4) is 0 Å². The van der Waals surface area contributed by atoms with Crippen LogP contribution in [0.5, 0.6) is 10.8 Å². The van der Waals surface area contributed by atoms with Gasteiger partial charge in [0.2, 0.25) is 0 Å². The molecule has 2 rings (SSSR count). The highest BCUT2D eigenvalue weighted by atomic mass is 32.1. The Labute approximate surface area is 125 Å². The summed E-state index contributed by atoms with van der Waals surface area (Å²) in [6, 6.07) is 8.36. The van der Waals surface area contributed by atoms with Crippen LogP contribution in [-0.4, -0.2) is 21.7 Å². The summed E-state index contributed by atoms with van der Waals surface area (Å²) in [5.41, 5.74) is 0.594. The fourth-order valence-corrected chi connectivity index (χ4v) is 2.74. The van der Waals surface area contributed by atoms with Crippen LogP contribution < -0.4 is 4.74 Å². The van der Waals surface area contributed by atoms with Crippen molar-refractivity contribution < 1.29 is 19.9 Å². The first-order valence-electron chi connectivity index (χ1n) is 6.35. The monoisotopic (exact) mass is 309 g/mol. The van der Waals surface area contributed by atoms with Crippen molar-refractivity contribution >= 4 is 17.0 Å². The van der Waals surface area contributed by atoms with Gasteiger partial charge < -0.3 is 14.9 Å². The van der Waals surface area contributed by atoms with Gasteiger partial charge >= 0.3 is 5.69 Å². The molecule has 0 saturated carbocycles. The molecule has 2 N–H and O–H groups in total. The highest BCUT2D eigenvalue weighted by molar-refractivity contribution is 7.14. The Hall–Kier alpha value is -1.96. The van der Waals surface area contributed by atoms with Gasteiger partial charge in [0.1, 0.15) is 5.75 Å². The average molecular weight is 309 g/mol. The third-order valence-electron chi connectivity index (χ3n) is 2.86. The van der Waals surface area contributed by atoms with E-state index >= 15 is 0 Å². The highest BCUT2D eigenvalue weighted by Gasteiger charge is 2.23. The number of aliphatic hydroxyl groups excluding tert-OH is 2. The van der Waals surface area contributed by atoms with E-state index in [2.05, 4.69) is 0 Å². The fraction of sp³-hybridized carbons (Fsp3) is 0.286. The third kappa shape index (κ3) is 3.57. The minimum Gasteiger partial charge on any atom is -0.440 e. The normalized spacial score (nSPS) is 12.1. The number of ether oxygens (including phenoxy) is 1. The van der Waals surface area contributed by atoms with Crippen molar-refractivity contribution in [3.8, 4) is 10.8 Å². The second-order valence-electron chi connectivity index (χ2n) is 4.44. The molecule has 1 heterocycles. The van der Waals surface area contributed by atoms with Gasteiger partial charge in [0, 0.05) is 17.6 Å². The maximum atomic E-state index is 11.1. The highest BCUT2D eigenvalue weighted by Crippen LogP contribution is 2.42. The van der Waals surface area contributed by atoms with Crippen LogP contribution in [0.25, 0.3) is 0 Å². The Balaban J connectivity index is 2.37. The van der Waals surface area contributed by atoms with E-state index in [1.807, 2.05) is 6.07 Å². The van der Waals surface area contributed by atoms with E-state index in [4.69, 9.17) is 9.84 Å². The van der Waals surface area contributed by atoms with Crippen molar-refractivity contribution in [1.82, 2.24) is 0 Å². The maximum absolute atomic E-state index is 11.1. The molecule has 0 saturated heterocycles. The molecule has 0 aliphatic rings. The summed E-state index contributed by atoms with van der Waals surface area (Å²) in [5, 5.41) is 29.8. The van der Waals surface area contributed by atoms with Crippen LogP contribution >= 0.6 is 11.3 Å². The lowest BCUT2D eigenvalue weighted by molar-refractivity contribution is -0.385. The van der Waals surface area contributed by atoms with Crippen LogP contribution in [0.2, 0.25) is 0 Å².